The third-order valence-corrected chi connectivity index (χ3v) is 3.72. The molecule has 0 aromatic heterocycles. The van der Waals surface area contributed by atoms with Gasteiger partial charge in [0.2, 0.25) is 5.71 Å². The fraction of sp³-hybridized carbons (Fsp3) is 0.375. The number of nitrogens with one attached hydrogen (secondary N) is 1. The minimum Gasteiger partial charge on any atom is -0.336 e. The van der Waals surface area contributed by atoms with Crippen LogP contribution in [-0.2, 0) is 0 Å². The molecule has 1 fully saturated rings. The van der Waals surface area contributed by atoms with Gasteiger partial charge >= 0.3 is 0 Å². The first-order valence-corrected chi connectivity index (χ1v) is 7.21. The monoisotopic (exact) mass is 295 g/mol. The van der Waals surface area contributed by atoms with Crippen molar-refractivity contribution >= 4 is 17.3 Å². The predicted molar refractivity (Wildman–Crippen MR) is 83.1 cm³/mol. The van der Waals surface area contributed by atoms with E-state index < -0.39 is 0 Å². The molecule has 1 aliphatic heterocycles. The van der Waals surface area contributed by atoms with Crippen LogP contribution in [0.25, 0.3) is 0 Å². The van der Waals surface area contributed by atoms with E-state index in [0.29, 0.717) is 11.3 Å². The number of anilines is 1. The maximum absolute atomic E-state index is 12.7. The molecule has 1 heterocycles. The van der Waals surface area contributed by atoms with E-state index in [2.05, 4.69) is 17.5 Å². The number of amides is 1. The molecule has 0 saturated carbocycles. The van der Waals surface area contributed by atoms with Crippen molar-refractivity contribution in [2.75, 3.05) is 12.0 Å². The second-order valence-electron chi connectivity index (χ2n) is 5.18. The van der Waals surface area contributed by atoms with Crippen molar-refractivity contribution in [2.45, 2.75) is 32.2 Å². The number of nitriles is 2. The molecule has 112 valence electrons. The Labute approximate surface area is 129 Å². The summed E-state index contributed by atoms with van der Waals surface area (Å²) in [6.07, 6.45) is 3.16. The van der Waals surface area contributed by atoms with Crippen LogP contribution in [0.1, 0.15) is 36.5 Å². The van der Waals surface area contributed by atoms with E-state index in [1.54, 1.807) is 36.4 Å². The Morgan fingerprint density at radius 1 is 1.32 bits per heavy atom. The van der Waals surface area contributed by atoms with Gasteiger partial charge in [0.15, 0.2) is 0 Å². The van der Waals surface area contributed by atoms with E-state index >= 15 is 0 Å². The Morgan fingerprint density at radius 2 is 2.05 bits per heavy atom. The van der Waals surface area contributed by atoms with Gasteiger partial charge in [-0.3, -0.25) is 10.2 Å². The van der Waals surface area contributed by atoms with Crippen LogP contribution in [-0.4, -0.2) is 29.1 Å². The van der Waals surface area contributed by atoms with Crippen LogP contribution in [0.4, 0.5) is 5.69 Å². The molecule has 1 aromatic carbocycles. The highest BCUT2D eigenvalue weighted by Crippen LogP contribution is 2.23. The number of carbonyl (C=O) groups excluding carboxylic acids is 1. The maximum Gasteiger partial charge on any atom is 0.256 e. The van der Waals surface area contributed by atoms with Crippen LogP contribution in [0.3, 0.4) is 0 Å². The van der Waals surface area contributed by atoms with Crippen LogP contribution in [0.2, 0.25) is 0 Å². The van der Waals surface area contributed by atoms with E-state index in [-0.39, 0.29) is 17.7 Å². The number of piperidine rings is 1. The summed E-state index contributed by atoms with van der Waals surface area (Å²) >= 11 is 0. The highest BCUT2D eigenvalue weighted by Gasteiger charge is 2.25. The van der Waals surface area contributed by atoms with Crippen molar-refractivity contribution in [3.05, 3.63) is 29.8 Å². The molecule has 1 aliphatic rings. The fourth-order valence-electron chi connectivity index (χ4n) is 2.51. The average molecular weight is 295 g/mol. The summed E-state index contributed by atoms with van der Waals surface area (Å²) in [5, 5.41) is 21.1. The third kappa shape index (κ3) is 3.42. The van der Waals surface area contributed by atoms with Gasteiger partial charge in [0, 0.05) is 12.6 Å². The molecule has 0 bridgehead atoms. The average Bonchev–Trinajstić information content (AvgIpc) is 2.56. The van der Waals surface area contributed by atoms with Crippen molar-refractivity contribution in [1.29, 1.82) is 10.5 Å². The van der Waals surface area contributed by atoms with Crippen LogP contribution in [0.5, 0.6) is 0 Å². The lowest BCUT2D eigenvalue weighted by Crippen LogP contribution is -2.42. The van der Waals surface area contributed by atoms with E-state index in [4.69, 9.17) is 10.5 Å². The second kappa shape index (κ2) is 7.24. The van der Waals surface area contributed by atoms with Gasteiger partial charge in [-0.25, -0.2) is 0 Å². The van der Waals surface area contributed by atoms with Crippen LogP contribution in [0, 0.1) is 22.7 Å². The molecule has 0 radical (unpaired) electrons. The molecule has 1 atom stereocenters. The smallest absolute Gasteiger partial charge is 0.256 e. The summed E-state index contributed by atoms with van der Waals surface area (Å²) in [5.74, 6) is -0.0547. The maximum atomic E-state index is 12.7. The molecule has 2 rings (SSSR count). The summed E-state index contributed by atoms with van der Waals surface area (Å²) < 4.78 is 0. The second-order valence-corrected chi connectivity index (χ2v) is 5.18. The molecule has 22 heavy (non-hydrogen) atoms. The highest BCUT2D eigenvalue weighted by molar-refractivity contribution is 6.10. The molecule has 6 heteroatoms. The number of rotatable bonds is 3. The zero-order valence-electron chi connectivity index (χ0n) is 12.4. The van der Waals surface area contributed by atoms with Crippen LogP contribution >= 0.6 is 0 Å². The van der Waals surface area contributed by atoms with E-state index in [9.17, 15) is 4.79 Å². The minimum absolute atomic E-state index is 0.0547. The molecular weight excluding hydrogens is 278 g/mol. The summed E-state index contributed by atoms with van der Waals surface area (Å²) in [7, 11) is 0. The van der Waals surface area contributed by atoms with Crippen molar-refractivity contribution < 1.29 is 4.79 Å². The lowest BCUT2D eigenvalue weighted by atomic mass is 10.0. The predicted octanol–water partition coefficient (Wildman–Crippen LogP) is 2.52. The van der Waals surface area contributed by atoms with Gasteiger partial charge in [0.1, 0.15) is 12.1 Å². The Hall–Kier alpha value is -2.86. The topological polar surface area (TPSA) is 92.3 Å². The number of likely N-dealkylation sites (tertiary alicyclic amines) is 1. The Bertz CT molecular complexity index is 652. The van der Waals surface area contributed by atoms with Gasteiger partial charge in [-0.1, -0.05) is 12.1 Å². The van der Waals surface area contributed by atoms with Crippen molar-refractivity contribution in [3.63, 3.8) is 0 Å². The molecule has 1 N–H and O–H groups in total. The molecule has 6 nitrogen and oxygen atoms in total. The molecule has 1 saturated heterocycles. The standard InChI is InChI=1S/C16H17N5O/c1-12-6-4-5-9-21(12)16(22)14-7-2-3-8-15(14)20-19-13(10-17)11-18/h2-3,7-8,12,20H,4-6,9H2,1H3. The van der Waals surface area contributed by atoms with Gasteiger partial charge in [-0.2, -0.15) is 15.6 Å². The minimum atomic E-state index is -0.284. The van der Waals surface area contributed by atoms with Crippen LogP contribution < -0.4 is 5.43 Å². The van der Waals surface area contributed by atoms with Gasteiger partial charge in [0.25, 0.3) is 5.91 Å². The van der Waals surface area contributed by atoms with Gasteiger partial charge in [-0.05, 0) is 38.3 Å². The first-order valence-electron chi connectivity index (χ1n) is 7.21. The zero-order chi connectivity index (χ0) is 15.9. The first kappa shape index (κ1) is 15.5. The summed E-state index contributed by atoms with van der Waals surface area (Å²) in [5.41, 5.74) is 3.35. The molecule has 0 spiro atoms. The number of para-hydroxylation sites is 1. The zero-order valence-corrected chi connectivity index (χ0v) is 12.4. The number of nitrogens with zero attached hydrogens (tertiary/aromatic N) is 4. The summed E-state index contributed by atoms with van der Waals surface area (Å²) in [6.45, 7) is 2.80. The number of hydrazone groups is 1. The molecule has 1 unspecified atom stereocenters. The van der Waals surface area contributed by atoms with Crippen LogP contribution in [0.15, 0.2) is 29.4 Å². The number of hydrogen-bond acceptors (Lipinski definition) is 5. The highest BCUT2D eigenvalue weighted by atomic mass is 16.2. The normalized spacial score (nSPS) is 17.0. The van der Waals surface area contributed by atoms with Crippen molar-refractivity contribution in [2.24, 2.45) is 5.10 Å². The SMILES string of the molecule is CC1CCCCN1C(=O)c1ccccc1NN=C(C#N)C#N. The molecule has 1 aromatic rings. The van der Waals surface area contributed by atoms with E-state index in [1.807, 2.05) is 4.90 Å². The Kier molecular flexibility index (Phi) is 5.11. The molecule has 1 amide bonds. The van der Waals surface area contributed by atoms with Gasteiger partial charge in [-0.15, -0.1) is 0 Å². The molecule has 0 aliphatic carbocycles. The van der Waals surface area contributed by atoms with Gasteiger partial charge < -0.3 is 4.90 Å². The lowest BCUT2D eigenvalue weighted by molar-refractivity contribution is 0.0636. The fourth-order valence-corrected chi connectivity index (χ4v) is 2.51. The summed E-state index contributed by atoms with van der Waals surface area (Å²) in [4.78, 5) is 14.6. The number of hydrogen-bond donors (Lipinski definition) is 1. The van der Waals surface area contributed by atoms with E-state index in [0.717, 1.165) is 25.8 Å². The van der Waals surface area contributed by atoms with Gasteiger partial charge in [0.05, 0.1) is 11.3 Å². The van der Waals surface area contributed by atoms with Crippen molar-refractivity contribution in [1.82, 2.24) is 4.90 Å². The molecular formula is C16H17N5O. The largest absolute Gasteiger partial charge is 0.336 e. The third-order valence-electron chi connectivity index (χ3n) is 3.72. The van der Waals surface area contributed by atoms with Crippen molar-refractivity contribution in [3.8, 4) is 12.1 Å². The number of benzene rings is 1. The quantitative estimate of drug-likeness (QED) is 0.685. The lowest BCUT2D eigenvalue weighted by Gasteiger charge is -2.33. The number of carbonyl (C=O) groups is 1. The first-order chi connectivity index (χ1) is 10.7. The van der Waals surface area contributed by atoms with E-state index in [1.165, 1.54) is 0 Å². The Balaban J connectivity index is 2.25. The Morgan fingerprint density at radius 3 is 2.73 bits per heavy atom. The summed E-state index contributed by atoms with van der Waals surface area (Å²) in [6, 6.07) is 10.5.